The van der Waals surface area contributed by atoms with Crippen molar-refractivity contribution in [1.82, 2.24) is 9.78 Å². The van der Waals surface area contributed by atoms with Crippen LogP contribution >= 0.6 is 0 Å². The summed E-state index contributed by atoms with van der Waals surface area (Å²) in [7, 11) is 1.85. The Morgan fingerprint density at radius 3 is 2.50 bits per heavy atom. The highest BCUT2D eigenvalue weighted by Gasteiger charge is 2.13. The van der Waals surface area contributed by atoms with Gasteiger partial charge in [-0.25, -0.2) is 0 Å². The number of benzene rings is 1. The molecule has 0 spiro atoms. The van der Waals surface area contributed by atoms with Crippen LogP contribution in [0.2, 0.25) is 0 Å². The summed E-state index contributed by atoms with van der Waals surface area (Å²) in [4.78, 5) is 12.2. The van der Waals surface area contributed by atoms with Gasteiger partial charge in [-0.1, -0.05) is 18.2 Å². The summed E-state index contributed by atoms with van der Waals surface area (Å²) in [6, 6.07) is 6.17. The Morgan fingerprint density at radius 2 is 1.94 bits per heavy atom. The lowest BCUT2D eigenvalue weighted by atomic mass is 10.00. The topological polar surface area (TPSA) is 34.9 Å². The molecule has 0 aliphatic heterocycles. The van der Waals surface area contributed by atoms with Crippen LogP contribution in [-0.2, 0) is 13.5 Å². The Morgan fingerprint density at radius 1 is 1.22 bits per heavy atom. The van der Waals surface area contributed by atoms with Gasteiger partial charge >= 0.3 is 0 Å². The molecule has 3 heteroatoms. The number of rotatable bonds is 3. The van der Waals surface area contributed by atoms with E-state index < -0.39 is 0 Å². The highest BCUT2D eigenvalue weighted by Crippen LogP contribution is 2.14. The number of carbonyl (C=O) groups excluding carboxylic acids is 1. The minimum Gasteiger partial charge on any atom is -0.294 e. The molecule has 0 amide bonds. The van der Waals surface area contributed by atoms with Crippen LogP contribution in [0.3, 0.4) is 0 Å². The highest BCUT2D eigenvalue weighted by molar-refractivity contribution is 5.98. The van der Waals surface area contributed by atoms with Crippen molar-refractivity contribution in [2.75, 3.05) is 0 Å². The van der Waals surface area contributed by atoms with Gasteiger partial charge in [0.25, 0.3) is 0 Å². The molecule has 94 valence electrons. The van der Waals surface area contributed by atoms with Crippen molar-refractivity contribution in [2.24, 2.45) is 7.05 Å². The van der Waals surface area contributed by atoms with Crippen LogP contribution in [0.4, 0.5) is 0 Å². The molecule has 0 aliphatic rings. The molecule has 3 nitrogen and oxygen atoms in total. The fourth-order valence-electron chi connectivity index (χ4n) is 1.97. The maximum absolute atomic E-state index is 12.2. The normalized spacial score (nSPS) is 10.7. The number of carbonyl (C=O) groups is 1. The lowest BCUT2D eigenvalue weighted by molar-refractivity contribution is 0.0992. The van der Waals surface area contributed by atoms with Gasteiger partial charge in [-0.2, -0.15) is 5.10 Å². The minimum atomic E-state index is 0.129. The van der Waals surface area contributed by atoms with Gasteiger partial charge in [0.1, 0.15) is 0 Å². The average molecular weight is 242 g/mol. The van der Waals surface area contributed by atoms with Gasteiger partial charge < -0.3 is 0 Å². The van der Waals surface area contributed by atoms with Gasteiger partial charge in [-0.05, 0) is 37.5 Å². The van der Waals surface area contributed by atoms with E-state index in [1.54, 1.807) is 10.9 Å². The van der Waals surface area contributed by atoms with E-state index in [1.165, 1.54) is 11.1 Å². The first-order chi connectivity index (χ1) is 8.49. The van der Waals surface area contributed by atoms with Crippen LogP contribution in [0.25, 0.3) is 0 Å². The molecule has 1 heterocycles. The molecule has 0 saturated carbocycles. The molecular formula is C15H18N2O. The van der Waals surface area contributed by atoms with Crippen LogP contribution in [0, 0.1) is 20.8 Å². The third-order valence-corrected chi connectivity index (χ3v) is 3.47. The van der Waals surface area contributed by atoms with Crippen molar-refractivity contribution >= 4 is 5.78 Å². The van der Waals surface area contributed by atoms with E-state index in [1.807, 2.05) is 20.0 Å². The Bertz CT molecular complexity index is 597. The molecule has 1 aromatic heterocycles. The molecule has 0 aliphatic carbocycles. The van der Waals surface area contributed by atoms with Gasteiger partial charge in [0.15, 0.2) is 5.78 Å². The molecule has 2 rings (SSSR count). The quantitative estimate of drug-likeness (QED) is 0.776. The van der Waals surface area contributed by atoms with Crippen molar-refractivity contribution in [2.45, 2.75) is 27.2 Å². The summed E-state index contributed by atoms with van der Waals surface area (Å²) in [5, 5.41) is 4.11. The van der Waals surface area contributed by atoms with Gasteiger partial charge in [0.05, 0.1) is 11.8 Å². The van der Waals surface area contributed by atoms with E-state index >= 15 is 0 Å². The number of hydrogen-bond donors (Lipinski definition) is 0. The molecule has 0 unspecified atom stereocenters. The van der Waals surface area contributed by atoms with E-state index in [0.29, 0.717) is 6.42 Å². The standard InChI is InChI=1S/C15H18N2O/c1-10-5-6-13(7-11(10)2)8-15(18)14-9-16-17(4)12(14)3/h5-7,9H,8H2,1-4H3. The number of ketones is 1. The zero-order valence-corrected chi connectivity index (χ0v) is 11.3. The predicted molar refractivity (Wildman–Crippen MR) is 71.9 cm³/mol. The van der Waals surface area contributed by atoms with Crippen molar-refractivity contribution in [3.05, 3.63) is 52.3 Å². The second-order valence-corrected chi connectivity index (χ2v) is 4.79. The number of aryl methyl sites for hydroxylation is 3. The molecule has 0 fully saturated rings. The van der Waals surface area contributed by atoms with Crippen molar-refractivity contribution in [3.8, 4) is 0 Å². The second-order valence-electron chi connectivity index (χ2n) is 4.79. The fraction of sp³-hybridized carbons (Fsp3) is 0.333. The molecule has 2 aromatic rings. The maximum atomic E-state index is 12.2. The average Bonchev–Trinajstić information content (AvgIpc) is 2.65. The van der Waals surface area contributed by atoms with E-state index in [4.69, 9.17) is 0 Å². The summed E-state index contributed by atoms with van der Waals surface area (Å²) in [6.45, 7) is 6.06. The third-order valence-electron chi connectivity index (χ3n) is 3.47. The number of nitrogens with zero attached hydrogens (tertiary/aromatic N) is 2. The van der Waals surface area contributed by atoms with Crippen LogP contribution in [0.1, 0.15) is 32.7 Å². The first-order valence-electron chi connectivity index (χ1n) is 6.07. The molecule has 0 N–H and O–H groups in total. The van der Waals surface area contributed by atoms with Crippen LogP contribution in [-0.4, -0.2) is 15.6 Å². The number of hydrogen-bond acceptors (Lipinski definition) is 2. The Kier molecular flexibility index (Phi) is 3.32. The van der Waals surface area contributed by atoms with E-state index in [2.05, 4.69) is 31.1 Å². The van der Waals surface area contributed by atoms with Crippen molar-refractivity contribution < 1.29 is 4.79 Å². The second kappa shape index (κ2) is 4.77. The molecule has 0 saturated heterocycles. The Hall–Kier alpha value is -1.90. The predicted octanol–water partition coefficient (Wildman–Crippen LogP) is 2.77. The summed E-state index contributed by atoms with van der Waals surface area (Å²) in [5.41, 5.74) is 5.18. The zero-order chi connectivity index (χ0) is 13.3. The molecule has 0 atom stereocenters. The Labute approximate surface area is 107 Å². The van der Waals surface area contributed by atoms with Gasteiger partial charge in [0, 0.05) is 19.2 Å². The SMILES string of the molecule is Cc1ccc(CC(=O)c2cnn(C)c2C)cc1C. The van der Waals surface area contributed by atoms with E-state index in [-0.39, 0.29) is 5.78 Å². The smallest absolute Gasteiger partial charge is 0.170 e. The van der Waals surface area contributed by atoms with Crippen LogP contribution in [0.5, 0.6) is 0 Å². The summed E-state index contributed by atoms with van der Waals surface area (Å²) < 4.78 is 1.73. The van der Waals surface area contributed by atoms with E-state index in [9.17, 15) is 4.79 Å². The lowest BCUT2D eigenvalue weighted by Crippen LogP contribution is -2.05. The molecule has 18 heavy (non-hydrogen) atoms. The highest BCUT2D eigenvalue weighted by atomic mass is 16.1. The molecular weight excluding hydrogens is 224 g/mol. The number of Topliss-reactive ketones (excluding diaryl/α,β-unsaturated/α-hetero) is 1. The molecule has 0 radical (unpaired) electrons. The maximum Gasteiger partial charge on any atom is 0.170 e. The monoisotopic (exact) mass is 242 g/mol. The molecule has 1 aromatic carbocycles. The Balaban J connectivity index is 2.21. The van der Waals surface area contributed by atoms with Gasteiger partial charge in [0.2, 0.25) is 0 Å². The third kappa shape index (κ3) is 2.35. The van der Waals surface area contributed by atoms with Crippen molar-refractivity contribution in [1.29, 1.82) is 0 Å². The molecule has 0 bridgehead atoms. The zero-order valence-electron chi connectivity index (χ0n) is 11.3. The summed E-state index contributed by atoms with van der Waals surface area (Å²) in [5.74, 6) is 0.129. The first-order valence-corrected chi connectivity index (χ1v) is 6.07. The summed E-state index contributed by atoms with van der Waals surface area (Å²) in [6.07, 6.45) is 2.09. The van der Waals surface area contributed by atoms with Crippen molar-refractivity contribution in [3.63, 3.8) is 0 Å². The van der Waals surface area contributed by atoms with Gasteiger partial charge in [-0.3, -0.25) is 9.48 Å². The van der Waals surface area contributed by atoms with Gasteiger partial charge in [-0.15, -0.1) is 0 Å². The van der Waals surface area contributed by atoms with Crippen LogP contribution in [0.15, 0.2) is 24.4 Å². The lowest BCUT2D eigenvalue weighted by Gasteiger charge is -2.05. The minimum absolute atomic E-state index is 0.129. The summed E-state index contributed by atoms with van der Waals surface area (Å²) >= 11 is 0. The largest absolute Gasteiger partial charge is 0.294 e. The van der Waals surface area contributed by atoms with Crippen LogP contribution < -0.4 is 0 Å². The fourth-order valence-corrected chi connectivity index (χ4v) is 1.97. The number of aromatic nitrogens is 2. The van der Waals surface area contributed by atoms with E-state index in [0.717, 1.165) is 16.8 Å². The first kappa shape index (κ1) is 12.6.